The molecule has 0 unspecified atom stereocenters. The molecule has 0 radical (unpaired) electrons. The molecule has 30 heavy (non-hydrogen) atoms. The predicted molar refractivity (Wildman–Crippen MR) is 120 cm³/mol. The highest BCUT2D eigenvalue weighted by molar-refractivity contribution is 5.84. The first kappa shape index (κ1) is 18.4. The van der Waals surface area contributed by atoms with Crippen molar-refractivity contribution in [2.24, 2.45) is 0 Å². The normalized spacial score (nSPS) is 11.4. The summed E-state index contributed by atoms with van der Waals surface area (Å²) < 4.78 is 5.37. The lowest BCUT2D eigenvalue weighted by atomic mass is 10.0. The number of aromatic amines is 2. The Labute approximate surface area is 175 Å². The Morgan fingerprint density at radius 3 is 2.77 bits per heavy atom. The molecular formula is C25H24N4O. The average Bonchev–Trinajstić information content (AvgIpc) is 3.41. The fraction of sp³-hybridized carbons (Fsp3) is 0.200. The minimum absolute atomic E-state index is 0.812. The number of nitrogens with zero attached hydrogens (tertiary/aromatic N) is 2. The summed E-state index contributed by atoms with van der Waals surface area (Å²) in [6.07, 6.45) is 9.61. The van der Waals surface area contributed by atoms with Gasteiger partial charge in [-0.05, 0) is 60.4 Å². The van der Waals surface area contributed by atoms with Gasteiger partial charge in [0.05, 0.1) is 7.11 Å². The van der Waals surface area contributed by atoms with Crippen molar-refractivity contribution in [3.63, 3.8) is 0 Å². The highest BCUT2D eigenvalue weighted by atomic mass is 16.5. The van der Waals surface area contributed by atoms with Crippen LogP contribution >= 0.6 is 0 Å². The fourth-order valence-corrected chi connectivity index (χ4v) is 4.09. The molecule has 3 aromatic heterocycles. The number of benzene rings is 2. The Bertz CT molecular complexity index is 1300. The van der Waals surface area contributed by atoms with E-state index in [4.69, 9.17) is 9.72 Å². The highest BCUT2D eigenvalue weighted by Gasteiger charge is 2.08. The largest absolute Gasteiger partial charge is 0.497 e. The molecule has 0 aliphatic carbocycles. The molecular weight excluding hydrogens is 372 g/mol. The minimum Gasteiger partial charge on any atom is -0.497 e. The predicted octanol–water partition coefficient (Wildman–Crippen LogP) is 5.21. The van der Waals surface area contributed by atoms with Crippen molar-refractivity contribution < 1.29 is 4.74 Å². The molecule has 0 atom stereocenters. The summed E-state index contributed by atoms with van der Waals surface area (Å²) in [7, 11) is 1.70. The van der Waals surface area contributed by atoms with Gasteiger partial charge in [-0.3, -0.25) is 0 Å². The van der Waals surface area contributed by atoms with Crippen LogP contribution in [-0.2, 0) is 19.3 Å². The molecule has 0 amide bonds. The molecule has 0 saturated carbocycles. The van der Waals surface area contributed by atoms with Crippen LogP contribution in [0.5, 0.6) is 5.75 Å². The van der Waals surface area contributed by atoms with Crippen LogP contribution in [0.25, 0.3) is 21.8 Å². The Kier molecular flexibility index (Phi) is 4.93. The molecule has 150 valence electrons. The third-order valence-corrected chi connectivity index (χ3v) is 5.64. The topological polar surface area (TPSA) is 66.6 Å². The highest BCUT2D eigenvalue weighted by Crippen LogP contribution is 2.25. The van der Waals surface area contributed by atoms with Crippen molar-refractivity contribution >= 4 is 21.8 Å². The molecule has 0 aliphatic heterocycles. The Hall–Kier alpha value is -3.60. The summed E-state index contributed by atoms with van der Waals surface area (Å²) in [6, 6.07) is 16.6. The van der Waals surface area contributed by atoms with Crippen LogP contribution < -0.4 is 4.74 Å². The lowest BCUT2D eigenvalue weighted by Gasteiger charge is -2.06. The number of nitrogens with one attached hydrogen (secondary N) is 2. The second kappa shape index (κ2) is 8.03. The number of hydrogen-bond donors (Lipinski definition) is 2. The van der Waals surface area contributed by atoms with Gasteiger partial charge in [-0.15, -0.1) is 0 Å². The van der Waals surface area contributed by atoms with Crippen LogP contribution in [-0.4, -0.2) is 27.0 Å². The van der Waals surface area contributed by atoms with Gasteiger partial charge in [0.1, 0.15) is 11.6 Å². The van der Waals surface area contributed by atoms with Crippen molar-refractivity contribution in [1.29, 1.82) is 0 Å². The van der Waals surface area contributed by atoms with E-state index in [1.54, 1.807) is 7.11 Å². The molecule has 3 heterocycles. The van der Waals surface area contributed by atoms with E-state index >= 15 is 0 Å². The maximum absolute atomic E-state index is 5.37. The third-order valence-electron chi connectivity index (χ3n) is 5.64. The SMILES string of the molecule is COc1ccc2[nH]cc(CCCc3nccc(Cc4cccc5[nH]ccc45)n3)c2c1. The van der Waals surface area contributed by atoms with Crippen LogP contribution in [0.3, 0.4) is 0 Å². The summed E-state index contributed by atoms with van der Waals surface area (Å²) in [5, 5.41) is 2.48. The zero-order valence-electron chi connectivity index (χ0n) is 17.0. The van der Waals surface area contributed by atoms with E-state index in [9.17, 15) is 0 Å². The maximum Gasteiger partial charge on any atom is 0.128 e. The number of aryl methyl sites for hydroxylation is 2. The Morgan fingerprint density at radius 2 is 1.83 bits per heavy atom. The second-order valence-electron chi connectivity index (χ2n) is 7.58. The van der Waals surface area contributed by atoms with Gasteiger partial charge in [0.25, 0.3) is 0 Å². The molecule has 5 nitrogen and oxygen atoms in total. The lowest BCUT2D eigenvalue weighted by Crippen LogP contribution is -2.01. The summed E-state index contributed by atoms with van der Waals surface area (Å²) >= 11 is 0. The average molecular weight is 396 g/mol. The number of fused-ring (bicyclic) bond motifs is 2. The van der Waals surface area contributed by atoms with Crippen molar-refractivity contribution in [2.45, 2.75) is 25.7 Å². The van der Waals surface area contributed by atoms with Gasteiger partial charge in [0.15, 0.2) is 0 Å². The zero-order valence-corrected chi connectivity index (χ0v) is 17.0. The molecule has 0 spiro atoms. The first-order valence-electron chi connectivity index (χ1n) is 10.3. The van der Waals surface area contributed by atoms with Gasteiger partial charge in [0, 0.05) is 58.9 Å². The molecule has 5 heteroatoms. The molecule has 0 aliphatic rings. The zero-order chi connectivity index (χ0) is 20.3. The number of hydrogen-bond acceptors (Lipinski definition) is 3. The Balaban J connectivity index is 1.27. The summed E-state index contributed by atoms with van der Waals surface area (Å²) in [5.74, 6) is 1.79. The van der Waals surface area contributed by atoms with E-state index in [1.165, 1.54) is 21.9 Å². The maximum atomic E-state index is 5.37. The van der Waals surface area contributed by atoms with E-state index < -0.39 is 0 Å². The minimum atomic E-state index is 0.812. The van der Waals surface area contributed by atoms with E-state index in [2.05, 4.69) is 57.5 Å². The van der Waals surface area contributed by atoms with Gasteiger partial charge >= 0.3 is 0 Å². The lowest BCUT2D eigenvalue weighted by molar-refractivity contribution is 0.415. The first-order chi connectivity index (χ1) is 14.8. The monoisotopic (exact) mass is 396 g/mol. The molecule has 2 aromatic carbocycles. The van der Waals surface area contributed by atoms with Crippen LogP contribution in [0.4, 0.5) is 0 Å². The van der Waals surface area contributed by atoms with E-state index in [0.717, 1.165) is 54.0 Å². The van der Waals surface area contributed by atoms with Crippen molar-refractivity contribution in [3.8, 4) is 5.75 Å². The van der Waals surface area contributed by atoms with Crippen molar-refractivity contribution in [2.75, 3.05) is 7.11 Å². The smallest absolute Gasteiger partial charge is 0.128 e. The van der Waals surface area contributed by atoms with Gasteiger partial charge in [-0.1, -0.05) is 12.1 Å². The van der Waals surface area contributed by atoms with Crippen LogP contribution in [0.1, 0.15) is 29.1 Å². The quantitative estimate of drug-likeness (QED) is 0.397. The number of ether oxygens (including phenoxy) is 1. The van der Waals surface area contributed by atoms with Gasteiger partial charge in [-0.2, -0.15) is 0 Å². The molecule has 5 rings (SSSR count). The van der Waals surface area contributed by atoms with Gasteiger partial charge in [-0.25, -0.2) is 9.97 Å². The van der Waals surface area contributed by atoms with Crippen LogP contribution in [0, 0.1) is 0 Å². The summed E-state index contributed by atoms with van der Waals surface area (Å²) in [4.78, 5) is 15.9. The van der Waals surface area contributed by atoms with E-state index in [0.29, 0.717) is 0 Å². The van der Waals surface area contributed by atoms with Crippen molar-refractivity contribution in [3.05, 3.63) is 89.8 Å². The van der Waals surface area contributed by atoms with E-state index in [-0.39, 0.29) is 0 Å². The molecule has 0 saturated heterocycles. The number of methoxy groups -OCH3 is 1. The number of aromatic nitrogens is 4. The van der Waals surface area contributed by atoms with Gasteiger partial charge in [0.2, 0.25) is 0 Å². The van der Waals surface area contributed by atoms with Gasteiger partial charge < -0.3 is 14.7 Å². The summed E-state index contributed by atoms with van der Waals surface area (Å²) in [6.45, 7) is 0. The summed E-state index contributed by atoms with van der Waals surface area (Å²) in [5.41, 5.74) is 5.95. The first-order valence-corrected chi connectivity index (χ1v) is 10.3. The third kappa shape index (κ3) is 3.66. The van der Waals surface area contributed by atoms with Crippen LogP contribution in [0.2, 0.25) is 0 Å². The standard InChI is InChI=1S/C25H24N4O/c1-30-20-8-9-24-22(15-20)18(16-28-24)5-3-7-25-27-12-10-19(29-25)14-17-4-2-6-23-21(17)11-13-26-23/h2,4,6,8-13,15-16,26,28H,3,5,7,14H2,1H3. The molecule has 0 fully saturated rings. The van der Waals surface area contributed by atoms with E-state index in [1.807, 2.05) is 24.5 Å². The number of H-pyrrole nitrogens is 2. The molecule has 2 N–H and O–H groups in total. The number of rotatable bonds is 7. The van der Waals surface area contributed by atoms with Crippen molar-refractivity contribution in [1.82, 2.24) is 19.9 Å². The molecule has 5 aromatic rings. The molecule has 0 bridgehead atoms. The Morgan fingerprint density at radius 1 is 0.900 bits per heavy atom. The second-order valence-corrected chi connectivity index (χ2v) is 7.58. The fourth-order valence-electron chi connectivity index (χ4n) is 4.09. The van der Waals surface area contributed by atoms with Crippen LogP contribution in [0.15, 0.2) is 67.1 Å².